The number of sulfonamides is 1. The number of carbonyl (C=O) groups is 1. The lowest BCUT2D eigenvalue weighted by atomic mass is 10.3. The molecule has 7 heteroatoms. The van der Waals surface area contributed by atoms with E-state index in [0.29, 0.717) is 6.54 Å². The molecule has 3 N–H and O–H groups in total. The molecule has 0 aliphatic heterocycles. The first-order valence-corrected chi connectivity index (χ1v) is 6.60. The van der Waals surface area contributed by atoms with Crippen LogP contribution >= 0.6 is 0 Å². The minimum Gasteiger partial charge on any atom is -0.338 e. The zero-order chi connectivity index (χ0) is 11.7. The maximum atomic E-state index is 11.1. The second-order valence-electron chi connectivity index (χ2n) is 3.06. The minimum absolute atomic E-state index is 0.106. The van der Waals surface area contributed by atoms with E-state index >= 15 is 0 Å². The van der Waals surface area contributed by atoms with E-state index < -0.39 is 10.0 Å². The fourth-order valence-corrected chi connectivity index (χ4v) is 1.42. The van der Waals surface area contributed by atoms with Crippen LogP contribution in [0.25, 0.3) is 0 Å². The van der Waals surface area contributed by atoms with Crippen LogP contribution in [0.1, 0.15) is 19.8 Å². The summed E-state index contributed by atoms with van der Waals surface area (Å²) in [6.45, 7) is 2.75. The molecule has 0 saturated carbocycles. The van der Waals surface area contributed by atoms with Gasteiger partial charge in [0.1, 0.15) is 0 Å². The van der Waals surface area contributed by atoms with Gasteiger partial charge < -0.3 is 10.6 Å². The summed E-state index contributed by atoms with van der Waals surface area (Å²) in [6, 6.07) is -0.324. The molecular formula is C8H19N3O3S. The van der Waals surface area contributed by atoms with E-state index in [1.54, 1.807) is 0 Å². The van der Waals surface area contributed by atoms with Crippen molar-refractivity contribution in [1.82, 2.24) is 15.4 Å². The zero-order valence-electron chi connectivity index (χ0n) is 9.17. The Morgan fingerprint density at radius 1 is 1.20 bits per heavy atom. The Morgan fingerprint density at radius 3 is 2.33 bits per heavy atom. The molecule has 15 heavy (non-hydrogen) atoms. The largest absolute Gasteiger partial charge is 0.338 e. The summed E-state index contributed by atoms with van der Waals surface area (Å²) in [5, 5.41) is 5.09. The van der Waals surface area contributed by atoms with Crippen molar-refractivity contribution in [1.29, 1.82) is 0 Å². The molecule has 0 radical (unpaired) electrons. The lowest BCUT2D eigenvalue weighted by molar-refractivity contribution is 0.241. The fourth-order valence-electron chi connectivity index (χ4n) is 0.842. The highest BCUT2D eigenvalue weighted by molar-refractivity contribution is 7.89. The Balaban J connectivity index is 3.55. The quantitative estimate of drug-likeness (QED) is 0.528. The summed E-state index contributed by atoms with van der Waals surface area (Å²) in [5.74, 6) is -0.106. The van der Waals surface area contributed by atoms with Crippen molar-refractivity contribution < 1.29 is 13.2 Å². The van der Waals surface area contributed by atoms with Gasteiger partial charge in [-0.05, 0) is 13.5 Å². The Morgan fingerprint density at radius 2 is 1.80 bits per heavy atom. The molecule has 0 fully saturated rings. The number of amides is 2. The van der Waals surface area contributed by atoms with Crippen LogP contribution in [0.3, 0.4) is 0 Å². The van der Waals surface area contributed by atoms with Crippen molar-refractivity contribution in [3.63, 3.8) is 0 Å². The molecule has 6 nitrogen and oxygen atoms in total. The highest BCUT2D eigenvalue weighted by Gasteiger charge is 2.06. The van der Waals surface area contributed by atoms with Crippen molar-refractivity contribution in [3.8, 4) is 0 Å². The van der Waals surface area contributed by atoms with Gasteiger partial charge >= 0.3 is 6.03 Å². The molecule has 0 rings (SSSR count). The second kappa shape index (κ2) is 7.47. The van der Waals surface area contributed by atoms with Crippen LogP contribution < -0.4 is 15.4 Å². The van der Waals surface area contributed by atoms with Crippen molar-refractivity contribution in [2.45, 2.75) is 19.8 Å². The number of rotatable bonds is 7. The monoisotopic (exact) mass is 237 g/mol. The van der Waals surface area contributed by atoms with Gasteiger partial charge in [-0.3, -0.25) is 0 Å². The number of urea groups is 1. The van der Waals surface area contributed by atoms with E-state index in [0.717, 1.165) is 12.8 Å². The number of hydrogen-bond acceptors (Lipinski definition) is 3. The number of unbranched alkanes of at least 4 members (excludes halogenated alkanes) is 1. The molecule has 90 valence electrons. The first kappa shape index (κ1) is 14.2. The van der Waals surface area contributed by atoms with Crippen LogP contribution in [-0.2, 0) is 10.0 Å². The predicted octanol–water partition coefficient (Wildman–Crippen LogP) is -0.365. The molecular weight excluding hydrogens is 218 g/mol. The molecule has 0 spiro atoms. The molecule has 0 aliphatic carbocycles. The molecule has 0 unspecified atom stereocenters. The minimum atomic E-state index is -3.23. The first-order chi connectivity index (χ1) is 7.02. The highest BCUT2D eigenvalue weighted by atomic mass is 32.2. The van der Waals surface area contributed by atoms with Crippen molar-refractivity contribution in [3.05, 3.63) is 0 Å². The van der Waals surface area contributed by atoms with E-state index in [4.69, 9.17) is 0 Å². The third-order valence-corrected chi connectivity index (χ3v) is 3.15. The van der Waals surface area contributed by atoms with Gasteiger partial charge in [0.2, 0.25) is 10.0 Å². The molecule has 0 bridgehead atoms. The lowest BCUT2D eigenvalue weighted by Crippen LogP contribution is -2.39. The van der Waals surface area contributed by atoms with Crippen molar-refractivity contribution in [2.75, 3.05) is 25.9 Å². The van der Waals surface area contributed by atoms with Gasteiger partial charge in [-0.25, -0.2) is 17.9 Å². The molecule has 0 aromatic rings. The summed E-state index contributed by atoms with van der Waals surface area (Å²) >= 11 is 0. The summed E-state index contributed by atoms with van der Waals surface area (Å²) in [7, 11) is -1.89. The van der Waals surface area contributed by atoms with Crippen LogP contribution in [0.15, 0.2) is 0 Å². The Labute approximate surface area is 90.9 Å². The number of nitrogens with one attached hydrogen (secondary N) is 3. The molecule has 0 saturated heterocycles. The average Bonchev–Trinajstić information content (AvgIpc) is 2.18. The summed E-state index contributed by atoms with van der Waals surface area (Å²) in [6.07, 6.45) is 1.93. The molecule has 0 aliphatic rings. The maximum Gasteiger partial charge on any atom is 0.314 e. The Bertz CT molecular complexity index is 277. The van der Waals surface area contributed by atoms with Gasteiger partial charge in [0.05, 0.1) is 5.75 Å². The Hall–Kier alpha value is -0.820. The molecule has 0 aromatic heterocycles. The van der Waals surface area contributed by atoms with E-state index in [1.807, 2.05) is 6.92 Å². The van der Waals surface area contributed by atoms with Crippen LogP contribution in [0.5, 0.6) is 0 Å². The maximum absolute atomic E-state index is 11.1. The van der Waals surface area contributed by atoms with Crippen LogP contribution in [0, 0.1) is 0 Å². The summed E-state index contributed by atoms with van der Waals surface area (Å²) < 4.78 is 24.1. The van der Waals surface area contributed by atoms with Crippen LogP contribution in [-0.4, -0.2) is 40.3 Å². The zero-order valence-corrected chi connectivity index (χ0v) is 9.99. The molecule has 0 aromatic carbocycles. The van der Waals surface area contributed by atoms with Gasteiger partial charge in [0.15, 0.2) is 0 Å². The number of hydrogen-bond donors (Lipinski definition) is 3. The predicted molar refractivity (Wildman–Crippen MR) is 59.2 cm³/mol. The van der Waals surface area contributed by atoms with E-state index in [-0.39, 0.29) is 18.3 Å². The van der Waals surface area contributed by atoms with Gasteiger partial charge in [0, 0.05) is 13.1 Å². The number of carbonyl (C=O) groups excluding carboxylic acids is 1. The van der Waals surface area contributed by atoms with Crippen molar-refractivity contribution >= 4 is 16.1 Å². The topological polar surface area (TPSA) is 87.3 Å². The molecule has 2 amide bonds. The van der Waals surface area contributed by atoms with Gasteiger partial charge in [0.25, 0.3) is 0 Å². The average molecular weight is 237 g/mol. The van der Waals surface area contributed by atoms with E-state index in [1.165, 1.54) is 7.05 Å². The first-order valence-electron chi connectivity index (χ1n) is 4.94. The van der Waals surface area contributed by atoms with E-state index in [2.05, 4.69) is 15.4 Å². The lowest BCUT2D eigenvalue weighted by Gasteiger charge is -2.06. The standard InChI is InChI=1S/C8H19N3O3S/c1-3-4-5-10-8(12)11-6-7-15(13,14)9-2/h9H,3-7H2,1-2H3,(H2,10,11,12). The Kier molecular flexibility index (Phi) is 7.06. The van der Waals surface area contributed by atoms with Gasteiger partial charge in [-0.15, -0.1) is 0 Å². The summed E-state index contributed by atoms with van der Waals surface area (Å²) in [5.41, 5.74) is 0. The SMILES string of the molecule is CCCCNC(=O)NCCS(=O)(=O)NC. The van der Waals surface area contributed by atoms with Crippen LogP contribution in [0.4, 0.5) is 4.79 Å². The van der Waals surface area contributed by atoms with Crippen molar-refractivity contribution in [2.24, 2.45) is 0 Å². The van der Waals surface area contributed by atoms with Crippen LogP contribution in [0.2, 0.25) is 0 Å². The third kappa shape index (κ3) is 8.19. The highest BCUT2D eigenvalue weighted by Crippen LogP contribution is 1.82. The molecule has 0 heterocycles. The smallest absolute Gasteiger partial charge is 0.314 e. The van der Waals surface area contributed by atoms with Gasteiger partial charge in [-0.2, -0.15) is 0 Å². The summed E-state index contributed by atoms with van der Waals surface area (Å²) in [4.78, 5) is 11.1. The molecule has 0 atom stereocenters. The van der Waals surface area contributed by atoms with E-state index in [9.17, 15) is 13.2 Å². The third-order valence-electron chi connectivity index (χ3n) is 1.78. The van der Waals surface area contributed by atoms with Gasteiger partial charge in [-0.1, -0.05) is 13.3 Å². The second-order valence-corrected chi connectivity index (χ2v) is 5.11. The fraction of sp³-hybridized carbons (Fsp3) is 0.875. The normalized spacial score (nSPS) is 11.1.